The Morgan fingerprint density at radius 2 is 1.86 bits per heavy atom. The van der Waals surface area contributed by atoms with Crippen molar-refractivity contribution in [2.24, 2.45) is 0 Å². The van der Waals surface area contributed by atoms with Gasteiger partial charge in [0.25, 0.3) is 0 Å². The number of hydrogen-bond donors (Lipinski definition) is 1. The normalized spacial score (nSPS) is 10.8. The minimum atomic E-state index is -0.110. The molecule has 0 aliphatic carbocycles. The Morgan fingerprint density at radius 1 is 1.11 bits per heavy atom. The van der Waals surface area contributed by atoms with Crippen LogP contribution in [0.5, 0.6) is 5.75 Å². The molecule has 0 saturated heterocycles. The van der Waals surface area contributed by atoms with E-state index >= 15 is 0 Å². The van der Waals surface area contributed by atoms with Gasteiger partial charge < -0.3 is 14.6 Å². The molecule has 3 aromatic rings. The van der Waals surface area contributed by atoms with E-state index in [1.165, 1.54) is 0 Å². The highest BCUT2D eigenvalue weighted by atomic mass is 16.5. The third-order valence-corrected chi connectivity index (χ3v) is 4.54. The molecule has 1 aromatic heterocycles. The van der Waals surface area contributed by atoms with Crippen LogP contribution in [0, 0.1) is 0 Å². The maximum absolute atomic E-state index is 11.7. The number of unbranched alkanes of at least 4 members (excludes halogenated alkanes) is 1. The number of nitrogens with one attached hydrogen (secondary N) is 1. The van der Waals surface area contributed by atoms with Gasteiger partial charge >= 0.3 is 0 Å². The van der Waals surface area contributed by atoms with Crippen LogP contribution in [0.15, 0.2) is 66.7 Å². The molecule has 0 unspecified atom stereocenters. The van der Waals surface area contributed by atoms with E-state index in [0.717, 1.165) is 42.0 Å². The van der Waals surface area contributed by atoms with E-state index in [4.69, 9.17) is 9.72 Å². The molecule has 1 amide bonds. The lowest BCUT2D eigenvalue weighted by Crippen LogP contribution is -2.26. The highest BCUT2D eigenvalue weighted by molar-refractivity contribution is 5.92. The molecule has 1 heterocycles. The number of benzene rings is 2. The van der Waals surface area contributed by atoms with E-state index in [1.54, 1.807) is 6.92 Å². The lowest BCUT2D eigenvalue weighted by Gasteiger charge is -2.11. The molecule has 0 atom stereocenters. The number of hydrogen-bond acceptors (Lipinski definition) is 3. The van der Waals surface area contributed by atoms with Crippen molar-refractivity contribution in [1.82, 2.24) is 14.9 Å². The van der Waals surface area contributed by atoms with Crippen molar-refractivity contribution in [3.05, 3.63) is 72.6 Å². The lowest BCUT2D eigenvalue weighted by atomic mass is 10.2. The van der Waals surface area contributed by atoms with Gasteiger partial charge in [-0.25, -0.2) is 4.98 Å². The largest absolute Gasteiger partial charge is 0.494 e. The minimum absolute atomic E-state index is 0.110. The zero-order chi connectivity index (χ0) is 19.8. The molecule has 3 rings (SSSR count). The lowest BCUT2D eigenvalue weighted by molar-refractivity contribution is -0.117. The summed E-state index contributed by atoms with van der Waals surface area (Å²) in [6.45, 7) is 7.50. The highest BCUT2D eigenvalue weighted by Crippen LogP contribution is 2.17. The summed E-state index contributed by atoms with van der Waals surface area (Å²) in [6, 6.07) is 18.0. The standard InChI is InChI=1S/C23H27N3O2/c1-18(2)23(27)24-15-14-22-25-20-12-6-7-13-21(20)26(22)16-8-9-17-28-19-10-4-3-5-11-19/h3-7,10-13H,1,8-9,14-17H2,2H3,(H,24,27). The van der Waals surface area contributed by atoms with Gasteiger partial charge in [0.05, 0.1) is 17.6 Å². The summed E-state index contributed by atoms with van der Waals surface area (Å²) >= 11 is 0. The van der Waals surface area contributed by atoms with Gasteiger partial charge in [0, 0.05) is 25.1 Å². The van der Waals surface area contributed by atoms with Gasteiger partial charge in [-0.15, -0.1) is 0 Å². The summed E-state index contributed by atoms with van der Waals surface area (Å²) < 4.78 is 8.03. The van der Waals surface area contributed by atoms with Gasteiger partial charge in [-0.3, -0.25) is 4.79 Å². The Bertz CT molecular complexity index is 931. The fourth-order valence-corrected chi connectivity index (χ4v) is 3.08. The maximum atomic E-state index is 11.7. The first-order chi connectivity index (χ1) is 13.6. The first-order valence-corrected chi connectivity index (χ1v) is 9.71. The molecule has 0 fully saturated rings. The van der Waals surface area contributed by atoms with E-state index in [-0.39, 0.29) is 5.91 Å². The average Bonchev–Trinajstić information content (AvgIpc) is 3.06. The monoisotopic (exact) mass is 377 g/mol. The molecule has 2 aromatic carbocycles. The van der Waals surface area contributed by atoms with Crippen LogP contribution < -0.4 is 10.1 Å². The number of ether oxygens (including phenoxy) is 1. The second-order valence-corrected chi connectivity index (χ2v) is 6.82. The number of para-hydroxylation sites is 3. The summed E-state index contributed by atoms with van der Waals surface area (Å²) in [5, 5.41) is 2.88. The molecule has 0 aliphatic heterocycles. The van der Waals surface area contributed by atoms with Crippen molar-refractivity contribution in [2.45, 2.75) is 32.7 Å². The number of imidazole rings is 1. The third kappa shape index (κ3) is 5.22. The molecule has 0 aliphatic rings. The number of carbonyl (C=O) groups is 1. The van der Waals surface area contributed by atoms with Crippen LogP contribution in [0.25, 0.3) is 11.0 Å². The van der Waals surface area contributed by atoms with Crippen molar-refractivity contribution in [2.75, 3.05) is 13.2 Å². The van der Waals surface area contributed by atoms with Gasteiger partial charge in [0.1, 0.15) is 11.6 Å². The van der Waals surface area contributed by atoms with Crippen molar-refractivity contribution >= 4 is 16.9 Å². The fourth-order valence-electron chi connectivity index (χ4n) is 3.08. The highest BCUT2D eigenvalue weighted by Gasteiger charge is 2.11. The molecule has 0 spiro atoms. The van der Waals surface area contributed by atoms with Crippen LogP contribution in [0.1, 0.15) is 25.6 Å². The van der Waals surface area contributed by atoms with E-state index in [2.05, 4.69) is 22.5 Å². The van der Waals surface area contributed by atoms with Crippen molar-refractivity contribution < 1.29 is 9.53 Å². The molecule has 28 heavy (non-hydrogen) atoms. The molecule has 0 radical (unpaired) electrons. The smallest absolute Gasteiger partial charge is 0.246 e. The molecular weight excluding hydrogens is 350 g/mol. The fraction of sp³-hybridized carbons (Fsp3) is 0.304. The molecule has 0 saturated carbocycles. The Labute approximate surface area is 166 Å². The van der Waals surface area contributed by atoms with E-state index in [1.807, 2.05) is 48.5 Å². The molecule has 146 valence electrons. The summed E-state index contributed by atoms with van der Waals surface area (Å²) in [5.41, 5.74) is 2.64. The first-order valence-electron chi connectivity index (χ1n) is 9.71. The number of carbonyl (C=O) groups excluding carboxylic acids is 1. The number of aromatic nitrogens is 2. The summed E-state index contributed by atoms with van der Waals surface area (Å²) in [7, 11) is 0. The summed E-state index contributed by atoms with van der Waals surface area (Å²) in [5.74, 6) is 1.79. The predicted octanol–water partition coefficient (Wildman–Crippen LogP) is 4.13. The van der Waals surface area contributed by atoms with E-state index in [0.29, 0.717) is 25.1 Å². The predicted molar refractivity (Wildman–Crippen MR) is 112 cm³/mol. The summed E-state index contributed by atoms with van der Waals surface area (Å²) in [6.07, 6.45) is 2.65. The van der Waals surface area contributed by atoms with Crippen molar-refractivity contribution in [3.8, 4) is 5.75 Å². The summed E-state index contributed by atoms with van der Waals surface area (Å²) in [4.78, 5) is 16.5. The SMILES string of the molecule is C=C(C)C(=O)NCCc1nc2ccccc2n1CCCCOc1ccccc1. The number of amides is 1. The van der Waals surface area contributed by atoms with E-state index in [9.17, 15) is 4.79 Å². The Kier molecular flexibility index (Phi) is 6.84. The van der Waals surface area contributed by atoms with Crippen LogP contribution in [0.3, 0.4) is 0 Å². The second kappa shape index (κ2) is 9.74. The Hall–Kier alpha value is -3.08. The minimum Gasteiger partial charge on any atom is -0.494 e. The van der Waals surface area contributed by atoms with Gasteiger partial charge in [-0.2, -0.15) is 0 Å². The third-order valence-electron chi connectivity index (χ3n) is 4.54. The Morgan fingerprint density at radius 3 is 2.64 bits per heavy atom. The Balaban J connectivity index is 1.57. The zero-order valence-corrected chi connectivity index (χ0v) is 16.4. The number of aryl methyl sites for hydroxylation is 1. The number of fused-ring (bicyclic) bond motifs is 1. The van der Waals surface area contributed by atoms with Crippen LogP contribution in [-0.2, 0) is 17.8 Å². The molecule has 0 bridgehead atoms. The van der Waals surface area contributed by atoms with Crippen molar-refractivity contribution in [3.63, 3.8) is 0 Å². The second-order valence-electron chi connectivity index (χ2n) is 6.82. The molecule has 1 N–H and O–H groups in total. The number of rotatable bonds is 10. The topological polar surface area (TPSA) is 56.2 Å². The zero-order valence-electron chi connectivity index (χ0n) is 16.4. The molecular formula is C23H27N3O2. The van der Waals surface area contributed by atoms with Crippen LogP contribution in [0.4, 0.5) is 0 Å². The van der Waals surface area contributed by atoms with Gasteiger partial charge in [0.15, 0.2) is 0 Å². The van der Waals surface area contributed by atoms with Gasteiger partial charge in [0.2, 0.25) is 5.91 Å². The quantitative estimate of drug-likeness (QED) is 0.427. The van der Waals surface area contributed by atoms with Crippen LogP contribution >= 0.6 is 0 Å². The molecule has 5 nitrogen and oxygen atoms in total. The molecule has 5 heteroatoms. The average molecular weight is 377 g/mol. The first kappa shape index (κ1) is 19.7. The van der Waals surface area contributed by atoms with Crippen LogP contribution in [0.2, 0.25) is 0 Å². The van der Waals surface area contributed by atoms with Gasteiger partial charge in [-0.1, -0.05) is 36.9 Å². The van der Waals surface area contributed by atoms with Crippen LogP contribution in [-0.4, -0.2) is 28.6 Å². The van der Waals surface area contributed by atoms with Gasteiger partial charge in [-0.05, 0) is 44.0 Å². The maximum Gasteiger partial charge on any atom is 0.246 e. The number of nitrogens with zero attached hydrogens (tertiary/aromatic N) is 2. The van der Waals surface area contributed by atoms with E-state index < -0.39 is 0 Å². The van der Waals surface area contributed by atoms with Crippen molar-refractivity contribution in [1.29, 1.82) is 0 Å².